The summed E-state index contributed by atoms with van der Waals surface area (Å²) in [6.45, 7) is 6.84. The largest absolute Gasteiger partial charge is 0.314 e. The van der Waals surface area contributed by atoms with Gasteiger partial charge in [0.25, 0.3) is 0 Å². The smallest absolute Gasteiger partial charge is 0.0300 e. The zero-order valence-electron chi connectivity index (χ0n) is 9.32. The van der Waals surface area contributed by atoms with Gasteiger partial charge in [-0.1, -0.05) is 6.07 Å². The van der Waals surface area contributed by atoms with Crippen molar-refractivity contribution in [3.05, 3.63) is 30.1 Å². The topological polar surface area (TPSA) is 28.2 Å². The Morgan fingerprint density at radius 2 is 2.53 bits per heavy atom. The van der Waals surface area contributed by atoms with Crippen LogP contribution in [0.4, 0.5) is 0 Å². The lowest BCUT2D eigenvalue weighted by molar-refractivity contribution is 0.176. The first-order chi connectivity index (χ1) is 7.36. The molecule has 3 heteroatoms. The van der Waals surface area contributed by atoms with E-state index in [0.29, 0.717) is 6.04 Å². The van der Waals surface area contributed by atoms with Gasteiger partial charge in [0, 0.05) is 44.6 Å². The molecule has 1 saturated heterocycles. The Labute approximate surface area is 91.5 Å². The summed E-state index contributed by atoms with van der Waals surface area (Å²) in [6, 6.07) is 4.83. The van der Waals surface area contributed by atoms with E-state index in [1.165, 1.54) is 12.1 Å². The van der Waals surface area contributed by atoms with E-state index in [1.807, 2.05) is 18.5 Å². The average molecular weight is 205 g/mol. The highest BCUT2D eigenvalue weighted by atomic mass is 15.2. The zero-order chi connectivity index (χ0) is 10.5. The summed E-state index contributed by atoms with van der Waals surface area (Å²) >= 11 is 0. The second-order valence-corrected chi connectivity index (χ2v) is 4.20. The third-order valence-electron chi connectivity index (χ3n) is 3.05. The molecule has 3 nitrogen and oxygen atoms in total. The summed E-state index contributed by atoms with van der Waals surface area (Å²) < 4.78 is 0. The highest BCUT2D eigenvalue weighted by Crippen LogP contribution is 2.05. The SMILES string of the molecule is C[C@H]1CNCCN1CCc1cccnc1. The van der Waals surface area contributed by atoms with E-state index in [4.69, 9.17) is 0 Å². The fourth-order valence-electron chi connectivity index (χ4n) is 2.03. The molecule has 0 bridgehead atoms. The van der Waals surface area contributed by atoms with Gasteiger partial charge in [-0.25, -0.2) is 0 Å². The first-order valence-corrected chi connectivity index (χ1v) is 5.70. The third-order valence-corrected chi connectivity index (χ3v) is 3.05. The van der Waals surface area contributed by atoms with Crippen LogP contribution in [0.3, 0.4) is 0 Å². The molecule has 1 fully saturated rings. The minimum Gasteiger partial charge on any atom is -0.314 e. The number of nitrogens with one attached hydrogen (secondary N) is 1. The van der Waals surface area contributed by atoms with Crippen LogP contribution < -0.4 is 5.32 Å². The molecule has 0 unspecified atom stereocenters. The van der Waals surface area contributed by atoms with Gasteiger partial charge in [0.1, 0.15) is 0 Å². The van der Waals surface area contributed by atoms with E-state index in [-0.39, 0.29) is 0 Å². The number of hydrogen-bond acceptors (Lipinski definition) is 3. The van der Waals surface area contributed by atoms with Crippen LogP contribution >= 0.6 is 0 Å². The Bertz CT molecular complexity index is 286. The summed E-state index contributed by atoms with van der Waals surface area (Å²) in [6.07, 6.45) is 4.90. The van der Waals surface area contributed by atoms with Crippen molar-refractivity contribution in [2.75, 3.05) is 26.2 Å². The van der Waals surface area contributed by atoms with Crippen molar-refractivity contribution >= 4 is 0 Å². The molecule has 2 rings (SSSR count). The van der Waals surface area contributed by atoms with Gasteiger partial charge in [-0.3, -0.25) is 9.88 Å². The average Bonchev–Trinajstić information content (AvgIpc) is 2.29. The molecule has 0 amide bonds. The fourth-order valence-corrected chi connectivity index (χ4v) is 2.03. The van der Waals surface area contributed by atoms with Gasteiger partial charge in [-0.15, -0.1) is 0 Å². The maximum Gasteiger partial charge on any atom is 0.0300 e. The quantitative estimate of drug-likeness (QED) is 0.795. The van der Waals surface area contributed by atoms with Gasteiger partial charge >= 0.3 is 0 Å². The second-order valence-electron chi connectivity index (χ2n) is 4.20. The Kier molecular flexibility index (Phi) is 3.69. The van der Waals surface area contributed by atoms with E-state index >= 15 is 0 Å². The molecule has 1 aromatic heterocycles. The summed E-state index contributed by atoms with van der Waals surface area (Å²) in [4.78, 5) is 6.68. The van der Waals surface area contributed by atoms with E-state index in [0.717, 1.165) is 26.1 Å². The number of aromatic nitrogens is 1. The van der Waals surface area contributed by atoms with Crippen LogP contribution in [0.2, 0.25) is 0 Å². The molecule has 0 radical (unpaired) electrons. The van der Waals surface area contributed by atoms with Crippen molar-refractivity contribution in [3.8, 4) is 0 Å². The maximum atomic E-state index is 4.14. The number of piperazine rings is 1. The van der Waals surface area contributed by atoms with Crippen molar-refractivity contribution in [1.82, 2.24) is 15.2 Å². The molecular weight excluding hydrogens is 186 g/mol. The highest BCUT2D eigenvalue weighted by molar-refractivity contribution is 5.08. The fraction of sp³-hybridized carbons (Fsp3) is 0.583. The Balaban J connectivity index is 1.82. The Morgan fingerprint density at radius 1 is 1.60 bits per heavy atom. The molecule has 1 aliphatic heterocycles. The van der Waals surface area contributed by atoms with Crippen LogP contribution in [0.1, 0.15) is 12.5 Å². The maximum absolute atomic E-state index is 4.14. The molecule has 1 aliphatic rings. The number of rotatable bonds is 3. The van der Waals surface area contributed by atoms with Gasteiger partial charge in [-0.2, -0.15) is 0 Å². The van der Waals surface area contributed by atoms with Crippen molar-refractivity contribution < 1.29 is 0 Å². The van der Waals surface area contributed by atoms with Crippen molar-refractivity contribution in [2.24, 2.45) is 0 Å². The van der Waals surface area contributed by atoms with Crippen molar-refractivity contribution in [1.29, 1.82) is 0 Å². The lowest BCUT2D eigenvalue weighted by Gasteiger charge is -2.33. The number of hydrogen-bond donors (Lipinski definition) is 1. The summed E-state index contributed by atoms with van der Waals surface area (Å²) in [5.41, 5.74) is 1.34. The Morgan fingerprint density at radius 3 is 3.27 bits per heavy atom. The van der Waals surface area contributed by atoms with Crippen LogP contribution in [0.5, 0.6) is 0 Å². The van der Waals surface area contributed by atoms with E-state index in [9.17, 15) is 0 Å². The minimum atomic E-state index is 0.662. The van der Waals surface area contributed by atoms with Crippen LogP contribution in [0.25, 0.3) is 0 Å². The zero-order valence-corrected chi connectivity index (χ0v) is 9.32. The van der Waals surface area contributed by atoms with Crippen LogP contribution in [0, 0.1) is 0 Å². The molecule has 1 atom stereocenters. The molecule has 0 saturated carbocycles. The van der Waals surface area contributed by atoms with Crippen LogP contribution in [-0.2, 0) is 6.42 Å². The van der Waals surface area contributed by atoms with Crippen LogP contribution in [-0.4, -0.2) is 42.1 Å². The summed E-state index contributed by atoms with van der Waals surface area (Å²) in [7, 11) is 0. The standard InChI is InChI=1S/C12H19N3/c1-11-9-14-6-8-15(11)7-4-12-3-2-5-13-10-12/h2-3,5,10-11,14H,4,6-9H2,1H3/t11-/m0/s1. The first-order valence-electron chi connectivity index (χ1n) is 5.70. The minimum absolute atomic E-state index is 0.662. The van der Waals surface area contributed by atoms with Gasteiger partial charge in [-0.05, 0) is 25.0 Å². The van der Waals surface area contributed by atoms with Gasteiger partial charge in [0.2, 0.25) is 0 Å². The molecule has 82 valence electrons. The predicted molar refractivity (Wildman–Crippen MR) is 61.8 cm³/mol. The van der Waals surface area contributed by atoms with E-state index in [1.54, 1.807) is 0 Å². The summed E-state index contributed by atoms with van der Waals surface area (Å²) in [5, 5.41) is 3.41. The van der Waals surface area contributed by atoms with E-state index < -0.39 is 0 Å². The second kappa shape index (κ2) is 5.24. The predicted octanol–water partition coefficient (Wildman–Crippen LogP) is 0.918. The molecule has 1 N–H and O–H groups in total. The molecule has 15 heavy (non-hydrogen) atoms. The van der Waals surface area contributed by atoms with Gasteiger partial charge < -0.3 is 5.32 Å². The molecular formula is C12H19N3. The van der Waals surface area contributed by atoms with Crippen molar-refractivity contribution in [3.63, 3.8) is 0 Å². The number of nitrogens with zero attached hydrogens (tertiary/aromatic N) is 2. The third kappa shape index (κ3) is 3.01. The van der Waals surface area contributed by atoms with Crippen molar-refractivity contribution in [2.45, 2.75) is 19.4 Å². The molecule has 0 aliphatic carbocycles. The van der Waals surface area contributed by atoms with Gasteiger partial charge in [0.05, 0.1) is 0 Å². The number of pyridine rings is 1. The lowest BCUT2D eigenvalue weighted by atomic mass is 10.1. The Hall–Kier alpha value is -0.930. The molecule has 2 heterocycles. The lowest BCUT2D eigenvalue weighted by Crippen LogP contribution is -2.50. The van der Waals surface area contributed by atoms with Gasteiger partial charge in [0.15, 0.2) is 0 Å². The molecule has 0 spiro atoms. The molecule has 1 aromatic rings. The van der Waals surface area contributed by atoms with E-state index in [2.05, 4.69) is 28.2 Å². The van der Waals surface area contributed by atoms with Crippen LogP contribution in [0.15, 0.2) is 24.5 Å². The molecule has 0 aromatic carbocycles. The summed E-state index contributed by atoms with van der Waals surface area (Å²) in [5.74, 6) is 0. The monoisotopic (exact) mass is 205 g/mol. The normalized spacial score (nSPS) is 22.9. The highest BCUT2D eigenvalue weighted by Gasteiger charge is 2.16. The first kappa shape index (κ1) is 10.6.